The van der Waals surface area contributed by atoms with Crippen LogP contribution in [0.15, 0.2) is 18.2 Å². The lowest BCUT2D eigenvalue weighted by Crippen LogP contribution is -2.27. The second-order valence-corrected chi connectivity index (χ2v) is 4.13. The normalized spacial score (nSPS) is 26.4. The summed E-state index contributed by atoms with van der Waals surface area (Å²) in [6.07, 6.45) is -0.816. The number of hydrogen-bond acceptors (Lipinski definition) is 2. The van der Waals surface area contributed by atoms with Gasteiger partial charge in [-0.1, -0.05) is 23.7 Å². The summed E-state index contributed by atoms with van der Waals surface area (Å²) in [5.41, 5.74) is -2.67. The summed E-state index contributed by atoms with van der Waals surface area (Å²) in [6, 6.07) is 3.78. The number of benzene rings is 1. The van der Waals surface area contributed by atoms with Crippen molar-refractivity contribution in [2.75, 3.05) is 0 Å². The average Bonchev–Trinajstić information content (AvgIpc) is 2.75. The number of carbonyl (C=O) groups is 1. The molecule has 0 heterocycles. The third-order valence-corrected chi connectivity index (χ3v) is 3.10. The molecule has 2 rings (SSSR count). The van der Waals surface area contributed by atoms with Gasteiger partial charge in [-0.25, -0.2) is 8.78 Å². The highest BCUT2D eigenvalue weighted by Gasteiger charge is 2.78. The van der Waals surface area contributed by atoms with Gasteiger partial charge in [0.05, 0.1) is 5.02 Å². The van der Waals surface area contributed by atoms with Gasteiger partial charge in [-0.3, -0.25) is 4.79 Å². The van der Waals surface area contributed by atoms with Gasteiger partial charge in [0.1, 0.15) is 5.75 Å². The fourth-order valence-electron chi connectivity index (χ4n) is 1.79. The molecule has 6 heteroatoms. The summed E-state index contributed by atoms with van der Waals surface area (Å²) in [5.74, 6) is -5.60. The standard InChI is InChI=1S/C10H7ClF2O3/c11-6-3-1-2-5(7(6)14)9(8(15)16)4-10(9,12)13/h1-3,14H,4H2,(H,15,16). The number of para-hydroxylation sites is 1. The Morgan fingerprint density at radius 1 is 1.44 bits per heavy atom. The molecule has 1 atom stereocenters. The highest BCUT2D eigenvalue weighted by Crippen LogP contribution is 2.63. The fourth-order valence-corrected chi connectivity index (χ4v) is 1.96. The molecule has 0 radical (unpaired) electrons. The third kappa shape index (κ3) is 1.21. The van der Waals surface area contributed by atoms with Gasteiger partial charge in [0, 0.05) is 12.0 Å². The first kappa shape index (κ1) is 11.1. The lowest BCUT2D eigenvalue weighted by molar-refractivity contribution is -0.143. The van der Waals surface area contributed by atoms with E-state index in [9.17, 15) is 18.7 Å². The van der Waals surface area contributed by atoms with Crippen LogP contribution in [0, 0.1) is 0 Å². The van der Waals surface area contributed by atoms with Crippen LogP contribution in [0.3, 0.4) is 0 Å². The van der Waals surface area contributed by atoms with E-state index in [1.54, 1.807) is 0 Å². The number of halogens is 3. The summed E-state index contributed by atoms with van der Waals surface area (Å²) < 4.78 is 26.3. The molecule has 0 aliphatic heterocycles. The van der Waals surface area contributed by atoms with Crippen molar-refractivity contribution >= 4 is 17.6 Å². The quantitative estimate of drug-likeness (QED) is 0.845. The molecule has 86 valence electrons. The molecule has 0 amide bonds. The van der Waals surface area contributed by atoms with Gasteiger partial charge in [-0.2, -0.15) is 0 Å². The molecular weight excluding hydrogens is 242 g/mol. The number of phenols is 1. The molecule has 16 heavy (non-hydrogen) atoms. The van der Waals surface area contributed by atoms with Gasteiger partial charge in [-0.15, -0.1) is 0 Å². The summed E-state index contributed by atoms with van der Waals surface area (Å²) in [5, 5.41) is 18.3. The lowest BCUT2D eigenvalue weighted by atomic mass is 9.94. The van der Waals surface area contributed by atoms with Crippen molar-refractivity contribution in [1.29, 1.82) is 0 Å². The van der Waals surface area contributed by atoms with Crippen LogP contribution in [-0.2, 0) is 10.2 Å². The van der Waals surface area contributed by atoms with E-state index in [0.29, 0.717) is 0 Å². The molecule has 1 saturated carbocycles. The number of hydrogen-bond donors (Lipinski definition) is 2. The molecule has 1 aliphatic rings. The summed E-state index contributed by atoms with van der Waals surface area (Å²) in [4.78, 5) is 10.9. The van der Waals surface area contributed by atoms with E-state index in [1.165, 1.54) is 12.1 Å². The maximum absolute atomic E-state index is 13.2. The summed E-state index contributed by atoms with van der Waals surface area (Å²) >= 11 is 5.56. The van der Waals surface area contributed by atoms with Crippen LogP contribution in [0.5, 0.6) is 5.75 Å². The molecule has 3 nitrogen and oxygen atoms in total. The summed E-state index contributed by atoms with van der Waals surface area (Å²) in [6.45, 7) is 0. The van der Waals surface area contributed by atoms with Crippen LogP contribution >= 0.6 is 11.6 Å². The van der Waals surface area contributed by atoms with E-state index in [-0.39, 0.29) is 10.6 Å². The molecule has 1 aromatic rings. The van der Waals surface area contributed by atoms with Crippen molar-refractivity contribution in [1.82, 2.24) is 0 Å². The van der Waals surface area contributed by atoms with E-state index in [1.807, 2.05) is 0 Å². The SMILES string of the molecule is O=C(O)C1(c2cccc(Cl)c2O)CC1(F)F. The zero-order chi connectivity index (χ0) is 12.1. The Morgan fingerprint density at radius 2 is 2.00 bits per heavy atom. The molecule has 1 unspecified atom stereocenters. The fraction of sp³-hybridized carbons (Fsp3) is 0.300. The Hall–Kier alpha value is -1.36. The van der Waals surface area contributed by atoms with E-state index in [4.69, 9.17) is 16.7 Å². The Morgan fingerprint density at radius 3 is 2.44 bits per heavy atom. The zero-order valence-corrected chi connectivity index (χ0v) is 8.63. The maximum Gasteiger partial charge on any atom is 0.320 e. The Bertz CT molecular complexity index is 475. The highest BCUT2D eigenvalue weighted by atomic mass is 35.5. The lowest BCUT2D eigenvalue weighted by Gasteiger charge is -2.13. The number of phenolic OH excluding ortho intramolecular Hbond substituents is 1. The topological polar surface area (TPSA) is 57.5 Å². The highest BCUT2D eigenvalue weighted by molar-refractivity contribution is 6.32. The summed E-state index contributed by atoms with van der Waals surface area (Å²) in [7, 11) is 0. The van der Waals surface area contributed by atoms with Gasteiger partial charge in [0.15, 0.2) is 5.41 Å². The number of aliphatic carboxylic acids is 1. The van der Waals surface area contributed by atoms with Crippen molar-refractivity contribution in [2.45, 2.75) is 17.8 Å². The molecule has 1 aliphatic carbocycles. The van der Waals surface area contributed by atoms with Crippen molar-refractivity contribution < 1.29 is 23.8 Å². The number of rotatable bonds is 2. The van der Waals surface area contributed by atoms with E-state index < -0.39 is 29.5 Å². The number of alkyl halides is 2. The van der Waals surface area contributed by atoms with Gasteiger partial charge >= 0.3 is 5.97 Å². The molecular formula is C10H7ClF2O3. The minimum Gasteiger partial charge on any atom is -0.506 e. The average molecular weight is 249 g/mol. The first-order valence-electron chi connectivity index (χ1n) is 4.42. The van der Waals surface area contributed by atoms with Gasteiger partial charge in [-0.05, 0) is 6.07 Å². The second kappa shape index (κ2) is 3.07. The second-order valence-electron chi connectivity index (χ2n) is 3.73. The monoisotopic (exact) mass is 248 g/mol. The van der Waals surface area contributed by atoms with E-state index >= 15 is 0 Å². The molecule has 0 saturated heterocycles. The molecule has 0 spiro atoms. The number of carboxylic acids is 1. The molecule has 0 bridgehead atoms. The van der Waals surface area contributed by atoms with Crippen LogP contribution in [0.1, 0.15) is 12.0 Å². The maximum atomic E-state index is 13.2. The minimum absolute atomic E-state index is 0.138. The molecule has 2 N–H and O–H groups in total. The minimum atomic E-state index is -3.35. The molecule has 0 aromatic heterocycles. The molecule has 1 aromatic carbocycles. The Balaban J connectivity index is 2.60. The Labute approximate surface area is 94.3 Å². The van der Waals surface area contributed by atoms with E-state index in [2.05, 4.69) is 0 Å². The smallest absolute Gasteiger partial charge is 0.320 e. The Kier molecular flexibility index (Phi) is 2.14. The van der Waals surface area contributed by atoms with Crippen LogP contribution in [0.4, 0.5) is 8.78 Å². The van der Waals surface area contributed by atoms with Crippen LogP contribution in [-0.4, -0.2) is 22.1 Å². The van der Waals surface area contributed by atoms with Crippen LogP contribution in [0.25, 0.3) is 0 Å². The van der Waals surface area contributed by atoms with Crippen LogP contribution in [0.2, 0.25) is 5.02 Å². The van der Waals surface area contributed by atoms with Crippen molar-refractivity contribution in [3.63, 3.8) is 0 Å². The van der Waals surface area contributed by atoms with Gasteiger partial charge in [0.25, 0.3) is 5.92 Å². The largest absolute Gasteiger partial charge is 0.506 e. The number of carboxylic acid groups (broad SMARTS) is 1. The predicted octanol–water partition coefficient (Wildman–Crippen LogP) is 2.41. The van der Waals surface area contributed by atoms with Crippen molar-refractivity contribution in [3.8, 4) is 5.75 Å². The first-order chi connectivity index (χ1) is 7.33. The van der Waals surface area contributed by atoms with Gasteiger partial charge in [0.2, 0.25) is 0 Å². The first-order valence-corrected chi connectivity index (χ1v) is 4.80. The van der Waals surface area contributed by atoms with E-state index in [0.717, 1.165) is 6.07 Å². The third-order valence-electron chi connectivity index (χ3n) is 2.80. The van der Waals surface area contributed by atoms with Crippen molar-refractivity contribution in [3.05, 3.63) is 28.8 Å². The molecule has 1 fully saturated rings. The zero-order valence-electron chi connectivity index (χ0n) is 7.88. The van der Waals surface area contributed by atoms with Crippen LogP contribution < -0.4 is 0 Å². The number of aromatic hydroxyl groups is 1. The predicted molar refractivity (Wildman–Crippen MR) is 52.0 cm³/mol. The van der Waals surface area contributed by atoms with Crippen molar-refractivity contribution in [2.24, 2.45) is 0 Å². The van der Waals surface area contributed by atoms with Gasteiger partial charge < -0.3 is 10.2 Å².